The third kappa shape index (κ3) is 5.09. The molecule has 272 valence electrons. The molecule has 58 heavy (non-hydrogen) atoms. The van der Waals surface area contributed by atoms with E-state index in [-0.39, 0.29) is 0 Å². The lowest BCUT2D eigenvalue weighted by Crippen LogP contribution is -2.13. The van der Waals surface area contributed by atoms with E-state index in [2.05, 4.69) is 216 Å². The van der Waals surface area contributed by atoms with Gasteiger partial charge in [-0.15, -0.1) is 22.7 Å². The van der Waals surface area contributed by atoms with Crippen molar-refractivity contribution in [2.75, 3.05) is 4.90 Å². The van der Waals surface area contributed by atoms with Gasteiger partial charge in [0.05, 0.1) is 28.1 Å². The van der Waals surface area contributed by atoms with Crippen molar-refractivity contribution in [2.45, 2.75) is 0 Å². The van der Waals surface area contributed by atoms with Crippen LogP contribution in [0.5, 0.6) is 0 Å². The molecule has 0 saturated heterocycles. The van der Waals surface area contributed by atoms with Crippen molar-refractivity contribution in [1.29, 1.82) is 0 Å². The zero-order chi connectivity index (χ0) is 38.2. The fraction of sp³-hybridized carbons (Fsp3) is 0. The lowest BCUT2D eigenvalue weighted by Gasteiger charge is -2.30. The maximum atomic E-state index is 2.54. The molecule has 0 N–H and O–H groups in total. The number of hydrogen-bond donors (Lipinski definition) is 0. The first-order valence-electron chi connectivity index (χ1n) is 19.7. The topological polar surface area (TPSA) is 8.17 Å². The van der Waals surface area contributed by atoms with Gasteiger partial charge in [0, 0.05) is 73.5 Å². The van der Waals surface area contributed by atoms with Gasteiger partial charge in [-0.25, -0.2) is 0 Å². The van der Waals surface area contributed by atoms with Crippen LogP contribution in [0, 0.1) is 0 Å². The molecule has 4 heteroatoms. The van der Waals surface area contributed by atoms with Gasteiger partial charge in [-0.1, -0.05) is 140 Å². The number of aromatic nitrogens is 1. The molecule has 0 amide bonds. The van der Waals surface area contributed by atoms with Gasteiger partial charge in [0.15, 0.2) is 0 Å². The van der Waals surface area contributed by atoms with E-state index >= 15 is 0 Å². The summed E-state index contributed by atoms with van der Waals surface area (Å²) in [5.41, 5.74) is 11.7. The molecule has 0 aliphatic carbocycles. The smallest absolute Gasteiger partial charge is 0.0562 e. The molecule has 9 aromatic carbocycles. The predicted molar refractivity (Wildman–Crippen MR) is 252 cm³/mol. The molecule has 0 saturated carbocycles. The third-order valence-electron chi connectivity index (χ3n) is 11.6. The number of benzene rings is 9. The van der Waals surface area contributed by atoms with Gasteiger partial charge in [-0.2, -0.15) is 0 Å². The SMILES string of the molecule is c1ccc(-n2c3ccccc3c3c(N(c4ccccc4-c4ccc5sc6ccccc6c5c4)c4ccccc4-c4cccc5c4sc4ccccc45)cccc32)cc1. The summed E-state index contributed by atoms with van der Waals surface area (Å²) >= 11 is 3.75. The molecular formula is C54H34N2S2. The number of thiophene rings is 2. The highest BCUT2D eigenvalue weighted by molar-refractivity contribution is 7.26. The van der Waals surface area contributed by atoms with Gasteiger partial charge in [0.2, 0.25) is 0 Å². The molecule has 0 bridgehead atoms. The summed E-state index contributed by atoms with van der Waals surface area (Å²) in [4.78, 5) is 2.54. The van der Waals surface area contributed by atoms with Crippen molar-refractivity contribution >= 4 is 102 Å². The summed E-state index contributed by atoms with van der Waals surface area (Å²) in [7, 11) is 0. The summed E-state index contributed by atoms with van der Waals surface area (Å²) < 4.78 is 7.64. The van der Waals surface area contributed by atoms with Crippen molar-refractivity contribution in [2.24, 2.45) is 0 Å². The maximum Gasteiger partial charge on any atom is 0.0562 e. The standard InChI is InChI=1S/C54H34N2S2/c1-2-16-36(17-3-1)55-47-27-11-6-22-43(47)53-48(55)28-15-29-49(53)56(45-25-9-4-18-37(45)35-32-33-52-44(34-35)40-21-8-12-30-50(40)57-52)46-26-10-5-19-38(46)41-23-14-24-42-39-20-7-13-31-51(39)58-54(41)42/h1-34H. The molecule has 12 rings (SSSR count). The first kappa shape index (κ1) is 33.2. The minimum Gasteiger partial charge on any atom is -0.309 e. The molecular weight excluding hydrogens is 741 g/mol. The number of anilines is 3. The number of nitrogens with zero attached hydrogens (tertiary/aromatic N) is 2. The predicted octanol–water partition coefficient (Wildman–Crippen LogP) is 16.3. The van der Waals surface area contributed by atoms with Crippen LogP contribution in [0.15, 0.2) is 206 Å². The number of hydrogen-bond acceptors (Lipinski definition) is 3. The zero-order valence-corrected chi connectivity index (χ0v) is 33.0. The second-order valence-corrected chi connectivity index (χ2v) is 17.0. The van der Waals surface area contributed by atoms with E-state index in [1.165, 1.54) is 84.4 Å². The molecule has 3 aromatic heterocycles. The van der Waals surface area contributed by atoms with Crippen molar-refractivity contribution in [3.05, 3.63) is 206 Å². The van der Waals surface area contributed by atoms with Crippen molar-refractivity contribution < 1.29 is 0 Å². The van der Waals surface area contributed by atoms with E-state index < -0.39 is 0 Å². The first-order valence-corrected chi connectivity index (χ1v) is 21.3. The molecule has 0 aliphatic heterocycles. The highest BCUT2D eigenvalue weighted by atomic mass is 32.1. The molecule has 0 fully saturated rings. The van der Waals surface area contributed by atoms with Gasteiger partial charge in [-0.05, 0) is 72.3 Å². The van der Waals surface area contributed by atoms with Crippen LogP contribution >= 0.6 is 22.7 Å². The number of para-hydroxylation sites is 4. The van der Waals surface area contributed by atoms with Crippen molar-refractivity contribution in [1.82, 2.24) is 4.57 Å². The summed E-state index contributed by atoms with van der Waals surface area (Å²) in [5, 5.41) is 7.63. The second-order valence-electron chi connectivity index (χ2n) is 14.8. The Morgan fingerprint density at radius 2 is 0.897 bits per heavy atom. The van der Waals surface area contributed by atoms with E-state index in [1.54, 1.807) is 0 Å². The third-order valence-corrected chi connectivity index (χ3v) is 14.0. The Bertz CT molecular complexity index is 3530. The number of rotatable bonds is 6. The zero-order valence-electron chi connectivity index (χ0n) is 31.3. The average Bonchev–Trinajstić information content (AvgIpc) is 3.97. The summed E-state index contributed by atoms with van der Waals surface area (Å²) in [5.74, 6) is 0. The number of fused-ring (bicyclic) bond motifs is 9. The average molecular weight is 775 g/mol. The summed E-state index contributed by atoms with van der Waals surface area (Å²) in [6.07, 6.45) is 0. The minimum atomic E-state index is 1.13. The Morgan fingerprint density at radius 3 is 1.72 bits per heavy atom. The Kier molecular flexibility index (Phi) is 7.62. The van der Waals surface area contributed by atoms with Crippen LogP contribution in [-0.4, -0.2) is 4.57 Å². The van der Waals surface area contributed by atoms with Gasteiger partial charge in [0.25, 0.3) is 0 Å². The highest BCUT2D eigenvalue weighted by Gasteiger charge is 2.26. The van der Waals surface area contributed by atoms with Crippen LogP contribution in [0.2, 0.25) is 0 Å². The van der Waals surface area contributed by atoms with Crippen LogP contribution in [-0.2, 0) is 0 Å². The van der Waals surface area contributed by atoms with Crippen LogP contribution in [0.1, 0.15) is 0 Å². The largest absolute Gasteiger partial charge is 0.309 e. The molecule has 0 spiro atoms. The Hall–Kier alpha value is -6.98. The van der Waals surface area contributed by atoms with E-state index in [9.17, 15) is 0 Å². The van der Waals surface area contributed by atoms with Crippen LogP contribution < -0.4 is 4.90 Å². The fourth-order valence-electron chi connectivity index (χ4n) is 9.09. The quantitative estimate of drug-likeness (QED) is 0.163. The molecule has 0 unspecified atom stereocenters. The Balaban J connectivity index is 1.18. The highest BCUT2D eigenvalue weighted by Crippen LogP contribution is 2.51. The monoisotopic (exact) mass is 774 g/mol. The lowest BCUT2D eigenvalue weighted by molar-refractivity contribution is 1.18. The second kappa shape index (κ2) is 13.3. The van der Waals surface area contributed by atoms with Gasteiger partial charge >= 0.3 is 0 Å². The van der Waals surface area contributed by atoms with Crippen LogP contribution in [0.4, 0.5) is 17.1 Å². The van der Waals surface area contributed by atoms with E-state index in [0.717, 1.165) is 22.7 Å². The van der Waals surface area contributed by atoms with E-state index in [4.69, 9.17) is 0 Å². The molecule has 2 nitrogen and oxygen atoms in total. The van der Waals surface area contributed by atoms with Crippen LogP contribution in [0.3, 0.4) is 0 Å². The molecule has 12 aromatic rings. The van der Waals surface area contributed by atoms with Crippen LogP contribution in [0.25, 0.3) is 90.1 Å². The molecule has 0 atom stereocenters. The van der Waals surface area contributed by atoms with Gasteiger partial charge in [0.1, 0.15) is 0 Å². The fourth-order valence-corrected chi connectivity index (χ4v) is 11.4. The van der Waals surface area contributed by atoms with E-state index in [1.807, 2.05) is 22.7 Å². The minimum absolute atomic E-state index is 1.13. The molecule has 3 heterocycles. The Morgan fingerprint density at radius 1 is 0.345 bits per heavy atom. The Labute approximate surface area is 343 Å². The summed E-state index contributed by atoms with van der Waals surface area (Å²) in [6, 6.07) is 75.8. The first-order chi connectivity index (χ1) is 28.8. The van der Waals surface area contributed by atoms with Gasteiger partial charge in [-0.3, -0.25) is 0 Å². The van der Waals surface area contributed by atoms with Gasteiger partial charge < -0.3 is 9.47 Å². The van der Waals surface area contributed by atoms with E-state index in [0.29, 0.717) is 0 Å². The molecule has 0 aliphatic rings. The van der Waals surface area contributed by atoms with Crippen molar-refractivity contribution in [3.8, 4) is 27.9 Å². The van der Waals surface area contributed by atoms with Crippen molar-refractivity contribution in [3.63, 3.8) is 0 Å². The maximum absolute atomic E-state index is 2.54. The lowest BCUT2D eigenvalue weighted by atomic mass is 9.96. The summed E-state index contributed by atoms with van der Waals surface area (Å²) in [6.45, 7) is 0. The molecule has 0 radical (unpaired) electrons. The normalized spacial score (nSPS) is 11.8.